The molecule has 1 aromatic carbocycles. The summed E-state index contributed by atoms with van der Waals surface area (Å²) in [7, 11) is -3.82. The molecule has 1 aliphatic rings. The van der Waals surface area contributed by atoms with Crippen molar-refractivity contribution >= 4 is 16.1 Å². The van der Waals surface area contributed by atoms with Gasteiger partial charge >= 0.3 is 5.97 Å². The maximum absolute atomic E-state index is 12.3. The standard InChI is InChI=1S/C20H30NO7S/c1-15-6-8-16(9-7-15)29(24,25)28-13-11-26-10-12-27-18(22)17-14-19(2,3)21(23)20(17,4)5/h6-9,17H,10-14H2,1-5H3. The summed E-state index contributed by atoms with van der Waals surface area (Å²) in [6.07, 6.45) is 0.425. The molecule has 0 bridgehead atoms. The number of benzene rings is 1. The van der Waals surface area contributed by atoms with Gasteiger partial charge in [-0.2, -0.15) is 8.42 Å². The zero-order valence-corrected chi connectivity index (χ0v) is 18.5. The Morgan fingerprint density at radius 3 is 2.21 bits per heavy atom. The van der Waals surface area contributed by atoms with Gasteiger partial charge in [0.05, 0.1) is 36.2 Å². The number of ether oxygens (including phenoxy) is 2. The van der Waals surface area contributed by atoms with Crippen LogP contribution in [-0.2, 0) is 33.8 Å². The summed E-state index contributed by atoms with van der Waals surface area (Å²) < 4.78 is 39.5. The molecule has 0 N–H and O–H groups in total. The SMILES string of the molecule is Cc1ccc(S(=O)(=O)OCCOCCOC(=O)C2CC(C)(C)N([O])C2(C)C)cc1. The molecule has 2 rings (SSSR count). The lowest BCUT2D eigenvalue weighted by Crippen LogP contribution is -2.47. The van der Waals surface area contributed by atoms with Crippen molar-refractivity contribution in [3.8, 4) is 0 Å². The van der Waals surface area contributed by atoms with E-state index in [0.29, 0.717) is 6.42 Å². The summed E-state index contributed by atoms with van der Waals surface area (Å²) in [5.74, 6) is -0.943. The van der Waals surface area contributed by atoms with Gasteiger partial charge in [-0.15, -0.1) is 10.3 Å². The van der Waals surface area contributed by atoms with Crippen molar-refractivity contribution < 1.29 is 32.1 Å². The van der Waals surface area contributed by atoms with E-state index >= 15 is 0 Å². The molecule has 29 heavy (non-hydrogen) atoms. The van der Waals surface area contributed by atoms with E-state index in [9.17, 15) is 18.4 Å². The fourth-order valence-corrected chi connectivity index (χ4v) is 4.40. The van der Waals surface area contributed by atoms with Crippen LogP contribution in [0.1, 0.15) is 39.7 Å². The first-order chi connectivity index (χ1) is 13.4. The highest BCUT2D eigenvalue weighted by molar-refractivity contribution is 7.86. The van der Waals surface area contributed by atoms with Crippen LogP contribution in [0.4, 0.5) is 0 Å². The second kappa shape index (κ2) is 9.09. The van der Waals surface area contributed by atoms with Crippen LogP contribution in [0.3, 0.4) is 0 Å². The molecule has 1 radical (unpaired) electrons. The third-order valence-corrected chi connectivity index (χ3v) is 6.49. The summed E-state index contributed by atoms with van der Waals surface area (Å²) >= 11 is 0. The minimum atomic E-state index is -3.82. The molecular formula is C20H30NO7S. The molecule has 9 heteroatoms. The minimum absolute atomic E-state index is 0.0232. The molecule has 1 unspecified atom stereocenters. The topological polar surface area (TPSA) is 102 Å². The van der Waals surface area contributed by atoms with Gasteiger partial charge in [-0.25, -0.2) is 0 Å². The average Bonchev–Trinajstić information content (AvgIpc) is 2.80. The van der Waals surface area contributed by atoms with Crippen molar-refractivity contribution in [2.45, 2.75) is 57.0 Å². The normalized spacial score (nSPS) is 21.2. The van der Waals surface area contributed by atoms with E-state index in [-0.39, 0.29) is 31.3 Å². The fraction of sp³-hybridized carbons (Fsp3) is 0.650. The van der Waals surface area contributed by atoms with Crippen molar-refractivity contribution in [3.63, 3.8) is 0 Å². The van der Waals surface area contributed by atoms with Gasteiger partial charge in [0.15, 0.2) is 0 Å². The first-order valence-electron chi connectivity index (χ1n) is 9.56. The first kappa shape index (κ1) is 23.8. The second-order valence-corrected chi connectivity index (χ2v) is 10.0. The van der Waals surface area contributed by atoms with Crippen LogP contribution in [0.25, 0.3) is 0 Å². The summed E-state index contributed by atoms with van der Waals surface area (Å²) in [5.41, 5.74) is -0.502. The Morgan fingerprint density at radius 2 is 1.66 bits per heavy atom. The van der Waals surface area contributed by atoms with Crippen LogP contribution in [0.2, 0.25) is 0 Å². The Morgan fingerprint density at radius 1 is 1.07 bits per heavy atom. The van der Waals surface area contributed by atoms with Crippen molar-refractivity contribution in [3.05, 3.63) is 29.8 Å². The van der Waals surface area contributed by atoms with Crippen molar-refractivity contribution in [1.82, 2.24) is 5.06 Å². The number of hydrogen-bond acceptors (Lipinski definition) is 7. The molecule has 0 aromatic heterocycles. The number of aryl methyl sites for hydroxylation is 1. The number of carbonyl (C=O) groups is 1. The number of hydrogen-bond donors (Lipinski definition) is 0. The van der Waals surface area contributed by atoms with Crippen LogP contribution in [0.5, 0.6) is 0 Å². The predicted molar refractivity (Wildman–Crippen MR) is 105 cm³/mol. The number of nitrogens with zero attached hydrogens (tertiary/aromatic N) is 1. The maximum atomic E-state index is 12.3. The molecule has 1 heterocycles. The zero-order valence-electron chi connectivity index (χ0n) is 17.6. The maximum Gasteiger partial charge on any atom is 0.311 e. The highest BCUT2D eigenvalue weighted by Gasteiger charge is 2.55. The Hall–Kier alpha value is -1.52. The number of esters is 1. The van der Waals surface area contributed by atoms with Gasteiger partial charge < -0.3 is 9.47 Å². The Balaban J connectivity index is 1.67. The van der Waals surface area contributed by atoms with Gasteiger partial charge in [0.25, 0.3) is 10.1 Å². The Bertz CT molecular complexity index is 803. The zero-order chi connectivity index (χ0) is 21.9. The molecular weight excluding hydrogens is 398 g/mol. The van der Waals surface area contributed by atoms with E-state index in [1.807, 2.05) is 20.8 Å². The van der Waals surface area contributed by atoms with Crippen LogP contribution in [-0.4, -0.2) is 57.0 Å². The lowest BCUT2D eigenvalue weighted by molar-refractivity contribution is -0.248. The van der Waals surface area contributed by atoms with Crippen LogP contribution < -0.4 is 0 Å². The van der Waals surface area contributed by atoms with Gasteiger partial charge in [-0.1, -0.05) is 17.7 Å². The van der Waals surface area contributed by atoms with Gasteiger partial charge in [-0.05, 0) is 53.2 Å². The number of hydroxylamine groups is 2. The van der Waals surface area contributed by atoms with E-state index in [4.69, 9.17) is 13.7 Å². The lowest BCUT2D eigenvalue weighted by atomic mass is 9.87. The summed E-state index contributed by atoms with van der Waals surface area (Å²) in [6, 6.07) is 6.36. The van der Waals surface area contributed by atoms with Crippen molar-refractivity contribution in [2.75, 3.05) is 26.4 Å². The number of rotatable bonds is 9. The molecule has 1 atom stereocenters. The van der Waals surface area contributed by atoms with Gasteiger partial charge in [0, 0.05) is 5.54 Å². The predicted octanol–water partition coefficient (Wildman–Crippen LogP) is 2.48. The summed E-state index contributed by atoms with van der Waals surface area (Å²) in [4.78, 5) is 12.4. The average molecular weight is 429 g/mol. The monoisotopic (exact) mass is 428 g/mol. The fourth-order valence-electron chi connectivity index (χ4n) is 3.51. The Labute approximate surface area is 172 Å². The van der Waals surface area contributed by atoms with Crippen LogP contribution in [0, 0.1) is 12.8 Å². The first-order valence-corrected chi connectivity index (χ1v) is 11.0. The van der Waals surface area contributed by atoms with Crippen LogP contribution in [0.15, 0.2) is 29.2 Å². The molecule has 163 valence electrons. The van der Waals surface area contributed by atoms with Gasteiger partial charge in [0.1, 0.15) is 6.61 Å². The molecule has 1 aliphatic heterocycles. The van der Waals surface area contributed by atoms with E-state index in [1.165, 1.54) is 12.1 Å². The Kier molecular flexibility index (Phi) is 7.45. The molecule has 0 aliphatic carbocycles. The highest BCUT2D eigenvalue weighted by Crippen LogP contribution is 2.44. The lowest BCUT2D eigenvalue weighted by Gasteiger charge is -2.32. The molecule has 0 amide bonds. The third-order valence-electron chi connectivity index (χ3n) is 5.16. The van der Waals surface area contributed by atoms with Gasteiger partial charge in [-0.3, -0.25) is 8.98 Å². The third kappa shape index (κ3) is 5.76. The van der Waals surface area contributed by atoms with E-state index < -0.39 is 33.1 Å². The smallest absolute Gasteiger partial charge is 0.311 e. The molecule has 1 fully saturated rings. The van der Waals surface area contributed by atoms with E-state index in [1.54, 1.807) is 26.0 Å². The quantitative estimate of drug-likeness (QED) is 0.338. The van der Waals surface area contributed by atoms with Crippen molar-refractivity contribution in [1.29, 1.82) is 0 Å². The largest absolute Gasteiger partial charge is 0.463 e. The van der Waals surface area contributed by atoms with Crippen LogP contribution >= 0.6 is 0 Å². The number of carbonyl (C=O) groups excluding carboxylic acids is 1. The summed E-state index contributed by atoms with van der Waals surface area (Å²) in [5, 5.41) is 13.3. The summed E-state index contributed by atoms with van der Waals surface area (Å²) in [6.45, 7) is 8.99. The molecule has 1 saturated heterocycles. The van der Waals surface area contributed by atoms with E-state index in [0.717, 1.165) is 10.6 Å². The second-order valence-electron chi connectivity index (χ2n) is 8.39. The molecule has 8 nitrogen and oxygen atoms in total. The van der Waals surface area contributed by atoms with E-state index in [2.05, 4.69) is 0 Å². The van der Waals surface area contributed by atoms with Gasteiger partial charge in [0.2, 0.25) is 0 Å². The molecule has 0 spiro atoms. The minimum Gasteiger partial charge on any atom is -0.463 e. The van der Waals surface area contributed by atoms with Crippen molar-refractivity contribution in [2.24, 2.45) is 5.92 Å². The molecule has 1 aromatic rings. The highest BCUT2D eigenvalue weighted by atomic mass is 32.2. The molecule has 0 saturated carbocycles.